The molecule has 1 amide bonds. The van der Waals surface area contributed by atoms with E-state index >= 15 is 0 Å². The van der Waals surface area contributed by atoms with Crippen LogP contribution in [-0.2, 0) is 9.59 Å². The first-order valence-electron chi connectivity index (χ1n) is 9.11. The minimum Gasteiger partial charge on any atom is -0.481 e. The molecule has 1 aliphatic carbocycles. The number of carboxylic acids is 1. The number of carbonyl (C=O) groups excluding carboxylic acids is 1. The average molecular weight is 344 g/mol. The number of carboxylic acid groups (broad SMARTS) is 1. The Balaban J connectivity index is 1.51. The Bertz CT molecular complexity index is 708. The maximum absolute atomic E-state index is 11.8. The Morgan fingerprint density at radius 2 is 2.04 bits per heavy atom. The molecule has 2 saturated heterocycles. The van der Waals surface area contributed by atoms with Gasteiger partial charge < -0.3 is 15.3 Å². The monoisotopic (exact) mass is 344 g/mol. The lowest BCUT2D eigenvalue weighted by molar-refractivity contribution is -0.144. The number of aliphatic carboxylic acids is 1. The summed E-state index contributed by atoms with van der Waals surface area (Å²) in [4.78, 5) is 34.8. The van der Waals surface area contributed by atoms with Crippen LogP contribution in [0, 0.1) is 12.8 Å². The van der Waals surface area contributed by atoms with Crippen molar-refractivity contribution >= 4 is 17.8 Å². The van der Waals surface area contributed by atoms with Crippen molar-refractivity contribution in [3.63, 3.8) is 0 Å². The van der Waals surface area contributed by atoms with Crippen LogP contribution in [0.4, 0.5) is 5.95 Å². The van der Waals surface area contributed by atoms with Crippen LogP contribution < -0.4 is 10.2 Å². The van der Waals surface area contributed by atoms with Crippen LogP contribution in [0.5, 0.6) is 0 Å². The first kappa shape index (κ1) is 16.3. The van der Waals surface area contributed by atoms with Crippen molar-refractivity contribution in [1.29, 1.82) is 0 Å². The number of anilines is 1. The minimum atomic E-state index is -0.883. The van der Waals surface area contributed by atoms with Crippen LogP contribution in [-0.4, -0.2) is 45.6 Å². The molecule has 1 atom stereocenters. The first-order valence-corrected chi connectivity index (χ1v) is 9.11. The molecule has 134 valence electrons. The molecule has 3 fully saturated rings. The largest absolute Gasteiger partial charge is 0.481 e. The molecule has 1 spiro atoms. The van der Waals surface area contributed by atoms with E-state index in [0.717, 1.165) is 17.3 Å². The molecule has 0 radical (unpaired) electrons. The number of nitrogens with one attached hydrogen (secondary N) is 1. The van der Waals surface area contributed by atoms with Gasteiger partial charge in [-0.1, -0.05) is 6.42 Å². The average Bonchev–Trinajstić information content (AvgIpc) is 2.82. The number of piperidine rings is 1. The highest BCUT2D eigenvalue weighted by molar-refractivity contribution is 5.88. The molecule has 1 aromatic rings. The molecule has 3 heterocycles. The molecule has 1 aromatic heterocycles. The van der Waals surface area contributed by atoms with Crippen molar-refractivity contribution in [3.8, 4) is 0 Å². The lowest BCUT2D eigenvalue weighted by Gasteiger charge is -2.41. The van der Waals surface area contributed by atoms with E-state index < -0.39 is 17.4 Å². The lowest BCUT2D eigenvalue weighted by atomic mass is 9.78. The molecule has 2 aliphatic heterocycles. The highest BCUT2D eigenvalue weighted by atomic mass is 16.4. The topological polar surface area (TPSA) is 95.4 Å². The van der Waals surface area contributed by atoms with Gasteiger partial charge in [0.05, 0.1) is 11.5 Å². The van der Waals surface area contributed by atoms with E-state index in [0.29, 0.717) is 31.8 Å². The fourth-order valence-electron chi connectivity index (χ4n) is 4.33. The van der Waals surface area contributed by atoms with Gasteiger partial charge in [-0.25, -0.2) is 9.97 Å². The zero-order valence-corrected chi connectivity index (χ0v) is 14.5. The zero-order valence-electron chi connectivity index (χ0n) is 14.5. The maximum Gasteiger partial charge on any atom is 0.309 e. The number of aryl methyl sites for hydroxylation is 1. The highest BCUT2D eigenvalue weighted by Crippen LogP contribution is 2.39. The summed E-state index contributed by atoms with van der Waals surface area (Å²) >= 11 is 0. The van der Waals surface area contributed by atoms with Gasteiger partial charge in [-0.2, -0.15) is 0 Å². The van der Waals surface area contributed by atoms with Crippen molar-refractivity contribution in [2.24, 2.45) is 5.92 Å². The van der Waals surface area contributed by atoms with Gasteiger partial charge in [0.25, 0.3) is 0 Å². The molecule has 2 N–H and O–H groups in total. The summed E-state index contributed by atoms with van der Waals surface area (Å²) in [5.41, 5.74) is 1.50. The molecule has 25 heavy (non-hydrogen) atoms. The maximum atomic E-state index is 11.8. The Hall–Kier alpha value is -2.18. The Morgan fingerprint density at radius 1 is 1.32 bits per heavy atom. The summed E-state index contributed by atoms with van der Waals surface area (Å²) in [6.45, 7) is 3.33. The number of carbonyl (C=O) groups is 2. The normalized spacial score (nSPS) is 25.7. The number of hydrogen-bond acceptors (Lipinski definition) is 5. The lowest BCUT2D eigenvalue weighted by Crippen LogP contribution is -2.56. The SMILES string of the molecule is Cc1cc(C2CCC2)nc(N2CCC3(CC2)NC(=O)C[C@@H]3C(=O)O)n1. The number of hydrogen-bond donors (Lipinski definition) is 2. The van der Waals surface area contributed by atoms with Crippen molar-refractivity contribution in [2.75, 3.05) is 18.0 Å². The number of rotatable bonds is 3. The summed E-state index contributed by atoms with van der Waals surface area (Å²) in [5, 5.41) is 12.4. The van der Waals surface area contributed by atoms with Crippen molar-refractivity contribution in [3.05, 3.63) is 17.5 Å². The summed E-state index contributed by atoms with van der Waals surface area (Å²) in [6, 6.07) is 2.08. The Labute approximate surface area is 146 Å². The highest BCUT2D eigenvalue weighted by Gasteiger charge is 2.51. The summed E-state index contributed by atoms with van der Waals surface area (Å²) in [5.74, 6) is -0.369. The van der Waals surface area contributed by atoms with Crippen molar-refractivity contribution in [1.82, 2.24) is 15.3 Å². The van der Waals surface area contributed by atoms with Crippen LogP contribution in [0.25, 0.3) is 0 Å². The Morgan fingerprint density at radius 3 is 2.64 bits per heavy atom. The molecule has 0 aromatic carbocycles. The van der Waals surface area contributed by atoms with Crippen LogP contribution in [0.15, 0.2) is 6.07 Å². The first-order chi connectivity index (χ1) is 12.0. The van der Waals surface area contributed by atoms with E-state index in [1.807, 2.05) is 6.92 Å². The fourth-order valence-corrected chi connectivity index (χ4v) is 4.33. The molecule has 3 aliphatic rings. The van der Waals surface area contributed by atoms with E-state index in [1.54, 1.807) is 0 Å². The molecule has 0 bridgehead atoms. The van der Waals surface area contributed by atoms with Crippen LogP contribution in [0.2, 0.25) is 0 Å². The molecular formula is C18H24N4O3. The van der Waals surface area contributed by atoms with Crippen LogP contribution >= 0.6 is 0 Å². The second-order valence-corrected chi connectivity index (χ2v) is 7.65. The predicted molar refractivity (Wildman–Crippen MR) is 91.4 cm³/mol. The van der Waals surface area contributed by atoms with E-state index in [4.69, 9.17) is 4.98 Å². The summed E-state index contributed by atoms with van der Waals surface area (Å²) in [7, 11) is 0. The molecular weight excluding hydrogens is 320 g/mol. The third-order valence-corrected chi connectivity index (χ3v) is 6.07. The molecule has 4 rings (SSSR count). The molecule has 7 nitrogen and oxygen atoms in total. The Kier molecular flexibility index (Phi) is 3.89. The van der Waals surface area contributed by atoms with Gasteiger partial charge in [0.2, 0.25) is 11.9 Å². The minimum absolute atomic E-state index is 0.0854. The third kappa shape index (κ3) is 2.85. The van der Waals surface area contributed by atoms with Gasteiger partial charge in [0.1, 0.15) is 0 Å². The molecule has 0 unspecified atom stereocenters. The number of aromatic nitrogens is 2. The van der Waals surface area contributed by atoms with E-state index in [2.05, 4.69) is 21.3 Å². The predicted octanol–water partition coefficient (Wildman–Crippen LogP) is 1.61. The van der Waals surface area contributed by atoms with Crippen molar-refractivity contribution < 1.29 is 14.7 Å². The van der Waals surface area contributed by atoms with Crippen LogP contribution in [0.3, 0.4) is 0 Å². The van der Waals surface area contributed by atoms with Crippen LogP contribution in [0.1, 0.15) is 55.8 Å². The molecule has 7 heteroatoms. The van der Waals surface area contributed by atoms with E-state index in [-0.39, 0.29) is 12.3 Å². The smallest absolute Gasteiger partial charge is 0.309 e. The second-order valence-electron chi connectivity index (χ2n) is 7.65. The molecule has 1 saturated carbocycles. The van der Waals surface area contributed by atoms with Gasteiger partial charge in [0, 0.05) is 36.8 Å². The van der Waals surface area contributed by atoms with Crippen molar-refractivity contribution in [2.45, 2.75) is 56.9 Å². The summed E-state index contributed by atoms with van der Waals surface area (Å²) < 4.78 is 0. The van der Waals surface area contributed by atoms with Gasteiger partial charge >= 0.3 is 5.97 Å². The fraction of sp³-hybridized carbons (Fsp3) is 0.667. The standard InChI is InChI=1S/C18H24N4O3/c1-11-9-14(12-3-2-4-12)20-17(19-11)22-7-5-18(6-8-22)13(16(24)25)10-15(23)21-18/h9,12-13H,2-8,10H2,1H3,(H,21,23)(H,24,25)/t13-/m1/s1. The van der Waals surface area contributed by atoms with E-state index in [9.17, 15) is 14.7 Å². The van der Waals surface area contributed by atoms with E-state index in [1.165, 1.54) is 19.3 Å². The second kappa shape index (κ2) is 5.97. The third-order valence-electron chi connectivity index (χ3n) is 6.07. The van der Waals surface area contributed by atoms with Gasteiger partial charge in [-0.15, -0.1) is 0 Å². The number of amides is 1. The summed E-state index contributed by atoms with van der Waals surface area (Å²) in [6.07, 6.45) is 4.99. The quantitative estimate of drug-likeness (QED) is 0.865. The van der Waals surface area contributed by atoms with Gasteiger partial charge in [-0.05, 0) is 38.7 Å². The zero-order chi connectivity index (χ0) is 17.6. The van der Waals surface area contributed by atoms with Gasteiger partial charge in [0.15, 0.2) is 0 Å². The number of nitrogens with zero attached hydrogens (tertiary/aromatic N) is 3. The van der Waals surface area contributed by atoms with Gasteiger partial charge in [-0.3, -0.25) is 9.59 Å².